The number of halogens is 3. The van der Waals surface area contributed by atoms with E-state index in [0.29, 0.717) is 25.6 Å². The zero-order chi connectivity index (χ0) is 20.2. The maximum Gasteiger partial charge on any atom is 0.191 e. The second-order valence-electron chi connectivity index (χ2n) is 7.48. The van der Waals surface area contributed by atoms with Crippen LogP contribution in [0.1, 0.15) is 37.8 Å². The van der Waals surface area contributed by atoms with Gasteiger partial charge in [0.05, 0.1) is 0 Å². The van der Waals surface area contributed by atoms with Crippen molar-refractivity contribution in [1.82, 2.24) is 25.4 Å². The molecule has 30 heavy (non-hydrogen) atoms. The molecule has 2 aromatic rings. The van der Waals surface area contributed by atoms with Crippen LogP contribution in [0.2, 0.25) is 0 Å². The largest absolute Gasteiger partial charge is 0.365 e. The van der Waals surface area contributed by atoms with Gasteiger partial charge in [0.2, 0.25) is 0 Å². The molecular weight excluding hydrogens is 503 g/mol. The normalized spacial score (nSPS) is 18.7. The highest BCUT2D eigenvalue weighted by molar-refractivity contribution is 14.0. The van der Waals surface area contributed by atoms with Crippen molar-refractivity contribution in [2.45, 2.75) is 51.7 Å². The van der Waals surface area contributed by atoms with Crippen LogP contribution in [-0.4, -0.2) is 46.4 Å². The molecule has 0 radical (unpaired) electrons. The Balaban J connectivity index is 0.00000256. The van der Waals surface area contributed by atoms with Gasteiger partial charge in [0, 0.05) is 38.6 Å². The van der Waals surface area contributed by atoms with Gasteiger partial charge in [-0.25, -0.2) is 13.8 Å². The van der Waals surface area contributed by atoms with Crippen molar-refractivity contribution in [3.63, 3.8) is 0 Å². The van der Waals surface area contributed by atoms with Crippen LogP contribution in [0.3, 0.4) is 0 Å². The van der Waals surface area contributed by atoms with E-state index in [-0.39, 0.29) is 35.7 Å². The number of anilines is 1. The summed E-state index contributed by atoms with van der Waals surface area (Å²) in [5.41, 5.74) is 0.0498. The molecule has 4 rings (SSSR count). The summed E-state index contributed by atoms with van der Waals surface area (Å²) in [5, 5.41) is 15.2. The molecule has 10 heteroatoms. The van der Waals surface area contributed by atoms with Crippen LogP contribution >= 0.6 is 24.0 Å². The predicted molar refractivity (Wildman–Crippen MR) is 123 cm³/mol. The lowest BCUT2D eigenvalue weighted by atomic mass is 10.2. The zero-order valence-corrected chi connectivity index (χ0v) is 19.4. The molecule has 2 aliphatic heterocycles. The number of aliphatic imine (C=N–C) groups is 1. The first-order valence-corrected chi connectivity index (χ1v) is 10.3. The Bertz CT molecular complexity index is 866. The quantitative estimate of drug-likeness (QED) is 0.353. The van der Waals surface area contributed by atoms with Crippen molar-refractivity contribution >= 4 is 35.6 Å². The van der Waals surface area contributed by atoms with Gasteiger partial charge in [0.25, 0.3) is 0 Å². The molecule has 2 N–H and O–H groups in total. The highest BCUT2D eigenvalue weighted by atomic mass is 127. The summed E-state index contributed by atoms with van der Waals surface area (Å²) < 4.78 is 30.3. The van der Waals surface area contributed by atoms with Crippen LogP contribution in [0.25, 0.3) is 0 Å². The average Bonchev–Trinajstić information content (AvgIpc) is 3.33. The molecule has 0 spiro atoms. The number of aryl methyl sites for hydroxylation is 1. The van der Waals surface area contributed by atoms with Crippen LogP contribution < -0.4 is 15.5 Å². The van der Waals surface area contributed by atoms with Gasteiger partial charge in [-0.15, -0.1) is 34.2 Å². The molecule has 1 aromatic heterocycles. The second-order valence-corrected chi connectivity index (χ2v) is 7.48. The van der Waals surface area contributed by atoms with Gasteiger partial charge < -0.3 is 20.1 Å². The van der Waals surface area contributed by atoms with E-state index >= 15 is 0 Å². The monoisotopic (exact) mass is 531 g/mol. The van der Waals surface area contributed by atoms with E-state index < -0.39 is 11.6 Å². The van der Waals surface area contributed by atoms with Gasteiger partial charge >= 0.3 is 0 Å². The molecule has 0 amide bonds. The summed E-state index contributed by atoms with van der Waals surface area (Å²) in [6.45, 7) is 5.23. The Kier molecular flexibility index (Phi) is 7.84. The van der Waals surface area contributed by atoms with Gasteiger partial charge in [0.15, 0.2) is 11.8 Å². The third-order valence-electron chi connectivity index (χ3n) is 5.44. The highest BCUT2D eigenvalue weighted by Crippen LogP contribution is 2.26. The van der Waals surface area contributed by atoms with Crippen molar-refractivity contribution in [3.8, 4) is 0 Å². The first kappa shape index (κ1) is 22.7. The Morgan fingerprint density at radius 1 is 1.20 bits per heavy atom. The maximum absolute atomic E-state index is 14.1. The Morgan fingerprint density at radius 3 is 2.77 bits per heavy atom. The van der Waals surface area contributed by atoms with Gasteiger partial charge in [-0.05, 0) is 38.3 Å². The first-order chi connectivity index (χ1) is 14.2. The lowest BCUT2D eigenvalue weighted by Gasteiger charge is -2.21. The number of hydrogen-bond acceptors (Lipinski definition) is 4. The molecule has 0 saturated carbocycles. The van der Waals surface area contributed by atoms with Gasteiger partial charge in [0.1, 0.15) is 29.7 Å². The number of guanidine groups is 1. The topological polar surface area (TPSA) is 70.4 Å². The number of para-hydroxylation sites is 1. The summed E-state index contributed by atoms with van der Waals surface area (Å²) in [6.07, 6.45) is 4.05. The molecule has 1 aromatic carbocycles. The summed E-state index contributed by atoms with van der Waals surface area (Å²) in [5.74, 6) is 1.54. The number of hydrogen-bond donors (Lipinski definition) is 2. The van der Waals surface area contributed by atoms with E-state index in [1.165, 1.54) is 18.2 Å². The Hall–Kier alpha value is -1.98. The molecule has 1 fully saturated rings. The zero-order valence-electron chi connectivity index (χ0n) is 17.1. The molecule has 2 aliphatic rings. The van der Waals surface area contributed by atoms with Crippen LogP contribution in [0.4, 0.5) is 14.5 Å². The molecule has 1 unspecified atom stereocenters. The fourth-order valence-corrected chi connectivity index (χ4v) is 4.02. The van der Waals surface area contributed by atoms with E-state index in [4.69, 9.17) is 0 Å². The Morgan fingerprint density at radius 2 is 2.00 bits per heavy atom. The minimum atomic E-state index is -0.525. The van der Waals surface area contributed by atoms with Crippen molar-refractivity contribution < 1.29 is 8.78 Å². The molecule has 1 saturated heterocycles. The minimum Gasteiger partial charge on any atom is -0.365 e. The molecule has 1 atom stereocenters. The van der Waals surface area contributed by atoms with Crippen LogP contribution in [0.15, 0.2) is 23.2 Å². The molecule has 164 valence electrons. The summed E-state index contributed by atoms with van der Waals surface area (Å²) in [6, 6.07) is 4.03. The number of aromatic nitrogens is 3. The fourth-order valence-electron chi connectivity index (χ4n) is 4.02. The van der Waals surface area contributed by atoms with E-state index in [1.54, 1.807) is 4.90 Å². The number of fused-ring (bicyclic) bond motifs is 1. The minimum absolute atomic E-state index is 0. The standard InChI is InChI=1S/C20H27F2N7.HI/c1-2-23-20(24-12-18-27-26-17-8-3-4-10-29(17)18)25-14-9-11-28(13-14)19-15(21)6-5-7-16(19)22;/h5-7,14H,2-4,8-13H2,1H3,(H2,23,24,25);1H. The van der Waals surface area contributed by atoms with E-state index in [9.17, 15) is 8.78 Å². The second kappa shape index (κ2) is 10.4. The fraction of sp³-hybridized carbons (Fsp3) is 0.550. The summed E-state index contributed by atoms with van der Waals surface area (Å²) in [7, 11) is 0. The number of benzene rings is 1. The van der Waals surface area contributed by atoms with Crippen molar-refractivity contribution in [1.29, 1.82) is 0 Å². The van der Waals surface area contributed by atoms with E-state index in [1.807, 2.05) is 6.92 Å². The van der Waals surface area contributed by atoms with Gasteiger partial charge in [-0.3, -0.25) is 0 Å². The molecule has 0 aliphatic carbocycles. The predicted octanol–water partition coefficient (Wildman–Crippen LogP) is 2.84. The van der Waals surface area contributed by atoms with E-state index in [2.05, 4.69) is 30.4 Å². The smallest absolute Gasteiger partial charge is 0.191 e. The molecular formula is C20H28F2IN7. The van der Waals surface area contributed by atoms with Gasteiger partial charge in [-0.1, -0.05) is 6.07 Å². The summed E-state index contributed by atoms with van der Waals surface area (Å²) >= 11 is 0. The highest BCUT2D eigenvalue weighted by Gasteiger charge is 2.27. The third-order valence-corrected chi connectivity index (χ3v) is 5.44. The SMILES string of the molecule is CCNC(=NCc1nnc2n1CCCC2)NC1CCN(c2c(F)cccc2F)C1.I. The average molecular weight is 531 g/mol. The van der Waals surface area contributed by atoms with Crippen molar-refractivity contribution in [2.24, 2.45) is 4.99 Å². The van der Waals surface area contributed by atoms with Crippen LogP contribution in [0.5, 0.6) is 0 Å². The lowest BCUT2D eigenvalue weighted by Crippen LogP contribution is -2.44. The van der Waals surface area contributed by atoms with Gasteiger partial charge in [-0.2, -0.15) is 0 Å². The molecule has 7 nitrogen and oxygen atoms in total. The molecule has 0 bridgehead atoms. The Labute approximate surface area is 192 Å². The van der Waals surface area contributed by atoms with Crippen molar-refractivity contribution in [2.75, 3.05) is 24.5 Å². The summed E-state index contributed by atoms with van der Waals surface area (Å²) in [4.78, 5) is 6.42. The number of nitrogens with one attached hydrogen (secondary N) is 2. The molecule has 3 heterocycles. The van der Waals surface area contributed by atoms with E-state index in [0.717, 1.165) is 50.4 Å². The first-order valence-electron chi connectivity index (χ1n) is 10.3. The third kappa shape index (κ3) is 5.01. The van der Waals surface area contributed by atoms with Crippen molar-refractivity contribution in [3.05, 3.63) is 41.5 Å². The lowest BCUT2D eigenvalue weighted by molar-refractivity contribution is 0.508. The number of nitrogens with zero attached hydrogens (tertiary/aromatic N) is 5. The van der Waals surface area contributed by atoms with Crippen LogP contribution in [-0.2, 0) is 19.5 Å². The van der Waals surface area contributed by atoms with Crippen LogP contribution in [0, 0.1) is 11.6 Å². The maximum atomic E-state index is 14.1. The number of rotatable bonds is 5.